The summed E-state index contributed by atoms with van der Waals surface area (Å²) in [4.78, 5) is 14.7. The van der Waals surface area contributed by atoms with Crippen LogP contribution in [0.2, 0.25) is 0 Å². The molecule has 3 fully saturated rings. The predicted octanol–water partition coefficient (Wildman–Crippen LogP) is 0.975. The molecule has 3 aliphatic rings. The van der Waals surface area contributed by atoms with Crippen molar-refractivity contribution in [2.45, 2.75) is 50.6 Å². The van der Waals surface area contributed by atoms with Crippen LogP contribution >= 0.6 is 0 Å². The maximum Gasteiger partial charge on any atom is 0.237 e. The van der Waals surface area contributed by atoms with Crippen LogP contribution in [0, 0.1) is 11.8 Å². The minimum absolute atomic E-state index is 0.0846. The van der Waals surface area contributed by atoms with Crippen molar-refractivity contribution in [2.75, 3.05) is 26.7 Å². The van der Waals surface area contributed by atoms with Gasteiger partial charge in [0.15, 0.2) is 0 Å². The minimum atomic E-state index is 0.0846. The number of amides is 1. The first-order valence-corrected chi connectivity index (χ1v) is 7.97. The van der Waals surface area contributed by atoms with Crippen LogP contribution in [-0.4, -0.2) is 49.6 Å². The van der Waals surface area contributed by atoms with Crippen LogP contribution in [0.4, 0.5) is 0 Å². The molecule has 1 saturated carbocycles. The smallest absolute Gasteiger partial charge is 0.237 e. The standard InChI is InChI=1S/C15H27N3O/c1-18-8-3-2-6-12(18)10-17-15(19)14-13-7-4-5-11(13)9-16-14/h11-14,16H,2-10H2,1H3,(H,17,19). The molecule has 0 aromatic carbocycles. The number of carbonyl (C=O) groups is 1. The van der Waals surface area contributed by atoms with Crippen LogP contribution in [0.15, 0.2) is 0 Å². The molecular weight excluding hydrogens is 238 g/mol. The topological polar surface area (TPSA) is 44.4 Å². The highest BCUT2D eigenvalue weighted by atomic mass is 16.2. The second-order valence-electron chi connectivity index (χ2n) is 6.62. The van der Waals surface area contributed by atoms with Gasteiger partial charge in [-0.1, -0.05) is 12.8 Å². The van der Waals surface area contributed by atoms with Crippen LogP contribution in [-0.2, 0) is 4.79 Å². The van der Waals surface area contributed by atoms with E-state index in [9.17, 15) is 4.79 Å². The molecule has 4 nitrogen and oxygen atoms in total. The molecule has 0 bridgehead atoms. The van der Waals surface area contributed by atoms with E-state index >= 15 is 0 Å². The summed E-state index contributed by atoms with van der Waals surface area (Å²) in [5.74, 6) is 1.60. The Hall–Kier alpha value is -0.610. The Labute approximate surface area is 116 Å². The van der Waals surface area contributed by atoms with E-state index in [1.54, 1.807) is 0 Å². The number of hydrogen-bond donors (Lipinski definition) is 2. The number of fused-ring (bicyclic) bond motifs is 1. The second-order valence-corrected chi connectivity index (χ2v) is 6.62. The Balaban J connectivity index is 1.48. The predicted molar refractivity (Wildman–Crippen MR) is 75.9 cm³/mol. The van der Waals surface area contributed by atoms with Gasteiger partial charge in [0.05, 0.1) is 6.04 Å². The van der Waals surface area contributed by atoms with Gasteiger partial charge in [0, 0.05) is 12.6 Å². The number of nitrogens with one attached hydrogen (secondary N) is 2. The van der Waals surface area contributed by atoms with Crippen LogP contribution < -0.4 is 10.6 Å². The molecule has 2 heterocycles. The van der Waals surface area contributed by atoms with Gasteiger partial charge in [0.25, 0.3) is 0 Å². The molecule has 1 amide bonds. The molecule has 3 rings (SSSR count). The van der Waals surface area contributed by atoms with E-state index in [-0.39, 0.29) is 11.9 Å². The lowest BCUT2D eigenvalue weighted by Crippen LogP contribution is -2.49. The summed E-state index contributed by atoms with van der Waals surface area (Å²) in [6, 6.07) is 0.625. The summed E-state index contributed by atoms with van der Waals surface area (Å²) < 4.78 is 0. The van der Waals surface area contributed by atoms with Crippen molar-refractivity contribution in [3.05, 3.63) is 0 Å². The molecule has 2 N–H and O–H groups in total. The normalized spacial score (nSPS) is 39.2. The van der Waals surface area contributed by atoms with Crippen molar-refractivity contribution in [2.24, 2.45) is 11.8 Å². The molecule has 1 aliphatic carbocycles. The molecule has 0 radical (unpaired) electrons. The first-order valence-electron chi connectivity index (χ1n) is 7.97. The average Bonchev–Trinajstić information content (AvgIpc) is 2.99. The van der Waals surface area contributed by atoms with Gasteiger partial charge in [-0.15, -0.1) is 0 Å². The van der Waals surface area contributed by atoms with E-state index in [2.05, 4.69) is 22.6 Å². The van der Waals surface area contributed by atoms with Crippen LogP contribution in [0.5, 0.6) is 0 Å². The summed E-state index contributed by atoms with van der Waals surface area (Å²) in [5, 5.41) is 6.63. The third kappa shape index (κ3) is 2.79. The molecule has 4 atom stereocenters. The Morgan fingerprint density at radius 2 is 2.16 bits per heavy atom. The fourth-order valence-corrected chi connectivity index (χ4v) is 4.21. The second kappa shape index (κ2) is 5.80. The number of carbonyl (C=O) groups excluding carboxylic acids is 1. The largest absolute Gasteiger partial charge is 0.353 e. The molecule has 2 aliphatic heterocycles. The molecule has 0 aromatic heterocycles. The zero-order valence-electron chi connectivity index (χ0n) is 12.0. The van der Waals surface area contributed by atoms with E-state index in [0.717, 1.165) is 19.0 Å². The van der Waals surface area contributed by atoms with Gasteiger partial charge in [0.2, 0.25) is 5.91 Å². The van der Waals surface area contributed by atoms with Crippen LogP contribution in [0.25, 0.3) is 0 Å². The summed E-state index contributed by atoms with van der Waals surface area (Å²) in [5.41, 5.74) is 0. The SMILES string of the molecule is CN1CCCCC1CNC(=O)C1NCC2CCCC21. The lowest BCUT2D eigenvalue weighted by atomic mass is 9.93. The fourth-order valence-electron chi connectivity index (χ4n) is 4.21. The monoisotopic (exact) mass is 265 g/mol. The van der Waals surface area contributed by atoms with E-state index < -0.39 is 0 Å². The first-order chi connectivity index (χ1) is 9.25. The number of nitrogens with zero attached hydrogens (tertiary/aromatic N) is 1. The van der Waals surface area contributed by atoms with Gasteiger partial charge in [-0.05, 0) is 57.7 Å². The molecule has 108 valence electrons. The van der Waals surface area contributed by atoms with E-state index in [1.165, 1.54) is 45.1 Å². The van der Waals surface area contributed by atoms with Crippen molar-refractivity contribution in [1.82, 2.24) is 15.5 Å². The van der Waals surface area contributed by atoms with E-state index in [0.29, 0.717) is 12.0 Å². The highest BCUT2D eigenvalue weighted by Gasteiger charge is 2.42. The van der Waals surface area contributed by atoms with Crippen LogP contribution in [0.3, 0.4) is 0 Å². The number of likely N-dealkylation sites (tertiary alicyclic amines) is 1. The van der Waals surface area contributed by atoms with Crippen molar-refractivity contribution in [3.63, 3.8) is 0 Å². The summed E-state index contributed by atoms with van der Waals surface area (Å²) in [6.07, 6.45) is 7.69. The molecule has 19 heavy (non-hydrogen) atoms. The van der Waals surface area contributed by atoms with Gasteiger partial charge in [-0.25, -0.2) is 0 Å². The molecular formula is C15H27N3O. The fraction of sp³-hybridized carbons (Fsp3) is 0.933. The third-order valence-electron chi connectivity index (χ3n) is 5.46. The first kappa shape index (κ1) is 13.4. The Bertz CT molecular complexity index is 333. The maximum absolute atomic E-state index is 12.3. The molecule has 0 aromatic rings. The van der Waals surface area contributed by atoms with Gasteiger partial charge < -0.3 is 15.5 Å². The van der Waals surface area contributed by atoms with Gasteiger partial charge >= 0.3 is 0 Å². The lowest BCUT2D eigenvalue weighted by molar-refractivity contribution is -0.124. The molecule has 0 spiro atoms. The highest BCUT2D eigenvalue weighted by molar-refractivity contribution is 5.82. The van der Waals surface area contributed by atoms with Gasteiger partial charge in [-0.2, -0.15) is 0 Å². The number of piperidine rings is 1. The Morgan fingerprint density at radius 3 is 3.00 bits per heavy atom. The summed E-state index contributed by atoms with van der Waals surface area (Å²) in [6.45, 7) is 3.05. The third-order valence-corrected chi connectivity index (χ3v) is 5.46. The Morgan fingerprint density at radius 1 is 1.26 bits per heavy atom. The lowest BCUT2D eigenvalue weighted by Gasteiger charge is -2.33. The minimum Gasteiger partial charge on any atom is -0.353 e. The Kier molecular flexibility index (Phi) is 4.08. The number of rotatable bonds is 3. The number of hydrogen-bond acceptors (Lipinski definition) is 3. The van der Waals surface area contributed by atoms with Crippen molar-refractivity contribution < 1.29 is 4.79 Å². The highest BCUT2D eigenvalue weighted by Crippen LogP contribution is 2.37. The summed E-state index contributed by atoms with van der Waals surface area (Å²) in [7, 11) is 2.18. The van der Waals surface area contributed by atoms with Crippen molar-refractivity contribution in [1.29, 1.82) is 0 Å². The van der Waals surface area contributed by atoms with E-state index in [4.69, 9.17) is 0 Å². The van der Waals surface area contributed by atoms with Crippen molar-refractivity contribution in [3.8, 4) is 0 Å². The summed E-state index contributed by atoms with van der Waals surface area (Å²) >= 11 is 0. The maximum atomic E-state index is 12.3. The van der Waals surface area contributed by atoms with Gasteiger partial charge in [0.1, 0.15) is 0 Å². The number of likely N-dealkylation sites (N-methyl/N-ethyl adjacent to an activating group) is 1. The molecule has 2 saturated heterocycles. The van der Waals surface area contributed by atoms with Gasteiger partial charge in [-0.3, -0.25) is 4.79 Å². The van der Waals surface area contributed by atoms with Crippen molar-refractivity contribution >= 4 is 5.91 Å². The molecule has 4 heteroatoms. The zero-order valence-corrected chi connectivity index (χ0v) is 12.0. The average molecular weight is 265 g/mol. The van der Waals surface area contributed by atoms with E-state index in [1.807, 2.05) is 0 Å². The quantitative estimate of drug-likeness (QED) is 0.799. The zero-order chi connectivity index (χ0) is 13.2. The molecule has 4 unspecified atom stereocenters. The van der Waals surface area contributed by atoms with Crippen LogP contribution in [0.1, 0.15) is 38.5 Å².